The number of hydrogen-bond donors (Lipinski definition) is 1. The molecular formula is C11H22O4P+. The van der Waals surface area contributed by atoms with Gasteiger partial charge < -0.3 is 5.11 Å². The number of aliphatic carboxylic acids is 1. The standard InChI is InChI=1S/C11H21O4P/c1-4-5-6-8-11(2,3)16(14)15-9-7-10(12)13/h4-9H2,1-3H3/p+1. The Bertz CT molecular complexity index is 238. The predicted octanol–water partition coefficient (Wildman–Crippen LogP) is 3.58. The van der Waals surface area contributed by atoms with E-state index in [1.54, 1.807) is 0 Å². The first-order valence-electron chi connectivity index (χ1n) is 5.72. The average Bonchev–Trinajstić information content (AvgIpc) is 2.17. The number of rotatable bonds is 9. The molecule has 0 saturated heterocycles. The van der Waals surface area contributed by atoms with Crippen molar-refractivity contribution >= 4 is 14.0 Å². The van der Waals surface area contributed by atoms with Crippen molar-refractivity contribution in [1.82, 2.24) is 0 Å². The molecule has 1 atom stereocenters. The van der Waals surface area contributed by atoms with E-state index >= 15 is 0 Å². The average molecular weight is 249 g/mol. The lowest BCUT2D eigenvalue weighted by molar-refractivity contribution is -0.137. The van der Waals surface area contributed by atoms with Crippen molar-refractivity contribution in [1.29, 1.82) is 0 Å². The van der Waals surface area contributed by atoms with Gasteiger partial charge in [0.2, 0.25) is 0 Å². The highest BCUT2D eigenvalue weighted by Crippen LogP contribution is 2.43. The predicted molar refractivity (Wildman–Crippen MR) is 64.0 cm³/mol. The molecule has 5 heteroatoms. The molecule has 0 aromatic carbocycles. The molecule has 0 aromatic heterocycles. The van der Waals surface area contributed by atoms with Crippen LogP contribution in [-0.4, -0.2) is 22.8 Å². The smallest absolute Gasteiger partial charge is 0.481 e. The van der Waals surface area contributed by atoms with Gasteiger partial charge in [0.05, 0.1) is 6.42 Å². The number of unbranched alkanes of at least 4 members (excludes halogenated alkanes) is 2. The fourth-order valence-corrected chi connectivity index (χ4v) is 2.24. The highest BCUT2D eigenvalue weighted by atomic mass is 31.1. The summed E-state index contributed by atoms with van der Waals surface area (Å²) in [5.41, 5.74) is 0. The molecule has 0 radical (unpaired) electrons. The second kappa shape index (κ2) is 7.75. The first-order valence-corrected chi connectivity index (χ1v) is 6.90. The quantitative estimate of drug-likeness (QED) is 0.501. The second-order valence-electron chi connectivity index (χ2n) is 4.50. The van der Waals surface area contributed by atoms with Crippen LogP contribution in [0, 0.1) is 0 Å². The Kier molecular flexibility index (Phi) is 7.52. The van der Waals surface area contributed by atoms with Gasteiger partial charge in [0.15, 0.2) is 5.16 Å². The van der Waals surface area contributed by atoms with Crippen molar-refractivity contribution in [2.24, 2.45) is 0 Å². The molecule has 1 unspecified atom stereocenters. The summed E-state index contributed by atoms with van der Waals surface area (Å²) in [6.07, 6.45) is 4.05. The Balaban J connectivity index is 3.89. The van der Waals surface area contributed by atoms with Gasteiger partial charge in [-0.2, -0.15) is 0 Å². The Morgan fingerprint density at radius 1 is 1.38 bits per heavy atom. The monoisotopic (exact) mass is 249 g/mol. The van der Waals surface area contributed by atoms with Gasteiger partial charge in [0, 0.05) is 0 Å². The third-order valence-corrected chi connectivity index (χ3v) is 4.04. The van der Waals surface area contributed by atoms with Gasteiger partial charge in [-0.15, -0.1) is 4.52 Å². The fraction of sp³-hybridized carbons (Fsp3) is 0.909. The molecule has 0 aliphatic heterocycles. The maximum atomic E-state index is 11.8. The lowest BCUT2D eigenvalue weighted by atomic mass is 10.0. The van der Waals surface area contributed by atoms with E-state index in [9.17, 15) is 9.36 Å². The third kappa shape index (κ3) is 6.91. The van der Waals surface area contributed by atoms with Crippen molar-refractivity contribution in [3.8, 4) is 0 Å². The number of hydrogen-bond acceptors (Lipinski definition) is 3. The summed E-state index contributed by atoms with van der Waals surface area (Å²) in [5, 5.41) is 8.07. The molecule has 94 valence electrons. The topological polar surface area (TPSA) is 63.6 Å². The van der Waals surface area contributed by atoms with Crippen LogP contribution in [0.1, 0.15) is 52.9 Å². The largest absolute Gasteiger partial charge is 0.513 e. The van der Waals surface area contributed by atoms with E-state index < -0.39 is 14.0 Å². The van der Waals surface area contributed by atoms with Gasteiger partial charge in [0.1, 0.15) is 6.61 Å². The van der Waals surface area contributed by atoms with E-state index in [0.29, 0.717) is 0 Å². The minimum absolute atomic E-state index is 0.0295. The maximum Gasteiger partial charge on any atom is 0.513 e. The molecule has 4 nitrogen and oxygen atoms in total. The lowest BCUT2D eigenvalue weighted by Crippen LogP contribution is -2.16. The Hall–Kier alpha value is -0.470. The van der Waals surface area contributed by atoms with Crippen LogP contribution in [0.3, 0.4) is 0 Å². The van der Waals surface area contributed by atoms with Crippen LogP contribution in [0.15, 0.2) is 0 Å². The summed E-state index contributed by atoms with van der Waals surface area (Å²) in [6, 6.07) is 0. The van der Waals surface area contributed by atoms with Crippen LogP contribution < -0.4 is 0 Å². The minimum Gasteiger partial charge on any atom is -0.481 e. The van der Waals surface area contributed by atoms with Crippen LogP contribution in [-0.2, 0) is 13.9 Å². The summed E-state index contributed by atoms with van der Waals surface area (Å²) in [7, 11) is -1.78. The lowest BCUT2D eigenvalue weighted by Gasteiger charge is -2.11. The van der Waals surface area contributed by atoms with Crippen molar-refractivity contribution in [3.63, 3.8) is 0 Å². The van der Waals surface area contributed by atoms with Gasteiger partial charge in [0.25, 0.3) is 0 Å². The zero-order chi connectivity index (χ0) is 12.6. The molecule has 0 aliphatic rings. The van der Waals surface area contributed by atoms with Crippen LogP contribution in [0.5, 0.6) is 0 Å². The molecule has 0 saturated carbocycles. The summed E-state index contributed by atoms with van der Waals surface area (Å²) < 4.78 is 16.9. The van der Waals surface area contributed by atoms with Gasteiger partial charge in [-0.1, -0.05) is 19.8 Å². The Morgan fingerprint density at radius 2 is 2.00 bits per heavy atom. The van der Waals surface area contributed by atoms with E-state index in [1.807, 2.05) is 13.8 Å². The zero-order valence-electron chi connectivity index (χ0n) is 10.4. The summed E-state index contributed by atoms with van der Waals surface area (Å²) in [5.74, 6) is -0.924. The number of carboxylic acids is 1. The van der Waals surface area contributed by atoms with Crippen molar-refractivity contribution in [2.75, 3.05) is 6.61 Å². The van der Waals surface area contributed by atoms with Gasteiger partial charge in [-0.3, -0.25) is 4.79 Å². The Morgan fingerprint density at radius 3 is 2.50 bits per heavy atom. The van der Waals surface area contributed by atoms with E-state index in [-0.39, 0.29) is 18.2 Å². The first kappa shape index (κ1) is 15.5. The van der Waals surface area contributed by atoms with Crippen LogP contribution in [0.25, 0.3) is 0 Å². The molecule has 0 heterocycles. The van der Waals surface area contributed by atoms with Crippen LogP contribution in [0.2, 0.25) is 0 Å². The van der Waals surface area contributed by atoms with E-state index in [0.717, 1.165) is 25.7 Å². The van der Waals surface area contributed by atoms with E-state index in [4.69, 9.17) is 9.63 Å². The fourth-order valence-electron chi connectivity index (χ4n) is 1.29. The van der Waals surface area contributed by atoms with Crippen LogP contribution >= 0.6 is 8.03 Å². The molecular weight excluding hydrogens is 227 g/mol. The third-order valence-electron chi connectivity index (χ3n) is 2.41. The number of carbonyl (C=O) groups is 1. The van der Waals surface area contributed by atoms with E-state index in [2.05, 4.69) is 6.92 Å². The molecule has 1 N–H and O–H groups in total. The van der Waals surface area contributed by atoms with Crippen molar-refractivity contribution < 1.29 is 19.0 Å². The van der Waals surface area contributed by atoms with Gasteiger partial charge in [-0.05, 0) is 31.3 Å². The maximum absolute atomic E-state index is 11.8. The first-order chi connectivity index (χ1) is 7.40. The summed E-state index contributed by atoms with van der Waals surface area (Å²) in [6.45, 7) is 5.96. The zero-order valence-corrected chi connectivity index (χ0v) is 11.3. The number of carboxylic acid groups (broad SMARTS) is 1. The highest BCUT2D eigenvalue weighted by Gasteiger charge is 2.41. The molecule has 0 rings (SSSR count). The molecule has 0 spiro atoms. The molecule has 0 fully saturated rings. The summed E-state index contributed by atoms with van der Waals surface area (Å²) >= 11 is 0. The Labute approximate surface area is 98.2 Å². The van der Waals surface area contributed by atoms with Crippen molar-refractivity contribution in [3.05, 3.63) is 0 Å². The normalized spacial score (nSPS) is 12.6. The molecule has 0 aromatic rings. The van der Waals surface area contributed by atoms with Crippen LogP contribution in [0.4, 0.5) is 0 Å². The molecule has 16 heavy (non-hydrogen) atoms. The molecule has 0 bridgehead atoms. The van der Waals surface area contributed by atoms with Gasteiger partial charge in [-0.25, -0.2) is 0 Å². The van der Waals surface area contributed by atoms with E-state index in [1.165, 1.54) is 0 Å². The second-order valence-corrected chi connectivity index (χ2v) is 6.49. The molecule has 0 aliphatic carbocycles. The summed E-state index contributed by atoms with van der Waals surface area (Å²) in [4.78, 5) is 10.3. The highest BCUT2D eigenvalue weighted by molar-refractivity contribution is 7.41. The van der Waals surface area contributed by atoms with Crippen molar-refractivity contribution in [2.45, 2.75) is 58.0 Å². The minimum atomic E-state index is -1.78. The van der Waals surface area contributed by atoms with Gasteiger partial charge >= 0.3 is 14.0 Å². The SMILES string of the molecule is CCCCCC(C)(C)[P+](=O)OCCC(=O)O. The molecule has 0 amide bonds.